The Morgan fingerprint density at radius 2 is 1.78 bits per heavy atom. The number of piperidine rings is 1. The zero-order valence-electron chi connectivity index (χ0n) is 10.7. The molecule has 6 nitrogen and oxygen atoms in total. The van der Waals surface area contributed by atoms with Gasteiger partial charge in [-0.15, -0.1) is 0 Å². The molecule has 108 valence electrons. The monoisotopic (exact) mass is 298 g/mol. The molecule has 1 fully saturated rings. The molecule has 18 heavy (non-hydrogen) atoms. The molecule has 0 saturated carbocycles. The summed E-state index contributed by atoms with van der Waals surface area (Å²) in [7, 11) is -6.47. The quantitative estimate of drug-likeness (QED) is 0.651. The van der Waals surface area contributed by atoms with E-state index < -0.39 is 19.9 Å². The van der Waals surface area contributed by atoms with Crippen molar-refractivity contribution in [3.63, 3.8) is 0 Å². The molecular formula is C10H22N2O4S2. The maximum atomic E-state index is 11.7. The first kappa shape index (κ1) is 15.9. The number of sulfonamides is 1. The Hall–Kier alpha value is -0.180. The SMILES string of the molecule is CCS(=O)(=O)CCNS(=O)(=O)CC1CCNCC1. The van der Waals surface area contributed by atoms with Crippen LogP contribution in [0.5, 0.6) is 0 Å². The van der Waals surface area contributed by atoms with Gasteiger partial charge in [-0.2, -0.15) is 0 Å². The van der Waals surface area contributed by atoms with Gasteiger partial charge in [0.05, 0.1) is 11.5 Å². The van der Waals surface area contributed by atoms with Crippen LogP contribution >= 0.6 is 0 Å². The van der Waals surface area contributed by atoms with Crippen molar-refractivity contribution in [3.8, 4) is 0 Å². The van der Waals surface area contributed by atoms with Gasteiger partial charge in [0, 0.05) is 12.3 Å². The van der Waals surface area contributed by atoms with Crippen LogP contribution in [0.4, 0.5) is 0 Å². The molecule has 0 spiro atoms. The maximum Gasteiger partial charge on any atom is 0.211 e. The second kappa shape index (κ2) is 6.83. The first-order chi connectivity index (χ1) is 8.35. The van der Waals surface area contributed by atoms with Crippen molar-refractivity contribution in [2.75, 3.05) is 36.9 Å². The first-order valence-corrected chi connectivity index (χ1v) is 9.70. The van der Waals surface area contributed by atoms with Crippen LogP contribution in [0.15, 0.2) is 0 Å². The average molecular weight is 298 g/mol. The average Bonchev–Trinajstić information content (AvgIpc) is 2.29. The molecule has 0 atom stereocenters. The third-order valence-electron chi connectivity index (χ3n) is 3.09. The van der Waals surface area contributed by atoms with Gasteiger partial charge in [-0.3, -0.25) is 0 Å². The fraction of sp³-hybridized carbons (Fsp3) is 1.00. The molecule has 1 rings (SSSR count). The van der Waals surface area contributed by atoms with E-state index in [1.165, 1.54) is 0 Å². The third kappa shape index (κ3) is 6.12. The highest BCUT2D eigenvalue weighted by Gasteiger charge is 2.21. The molecule has 0 aliphatic carbocycles. The predicted octanol–water partition coefficient (Wildman–Crippen LogP) is -0.660. The second-order valence-electron chi connectivity index (χ2n) is 4.61. The highest BCUT2D eigenvalue weighted by Crippen LogP contribution is 2.13. The molecule has 0 aromatic rings. The highest BCUT2D eigenvalue weighted by atomic mass is 32.2. The van der Waals surface area contributed by atoms with E-state index in [-0.39, 0.29) is 29.7 Å². The molecule has 0 aromatic heterocycles. The summed E-state index contributed by atoms with van der Waals surface area (Å²) in [5, 5.41) is 3.18. The Labute approximate surface area is 110 Å². The van der Waals surface area contributed by atoms with Gasteiger partial charge in [-0.1, -0.05) is 6.92 Å². The molecule has 1 saturated heterocycles. The second-order valence-corrected chi connectivity index (χ2v) is 8.93. The van der Waals surface area contributed by atoms with Gasteiger partial charge < -0.3 is 5.32 Å². The van der Waals surface area contributed by atoms with E-state index in [4.69, 9.17) is 0 Å². The molecule has 0 radical (unpaired) electrons. The third-order valence-corrected chi connectivity index (χ3v) is 6.35. The zero-order valence-corrected chi connectivity index (χ0v) is 12.3. The molecule has 0 bridgehead atoms. The zero-order chi connectivity index (χ0) is 13.6. The standard InChI is InChI=1S/C10H22N2O4S2/c1-2-17(13,14)8-7-12-18(15,16)9-10-3-5-11-6-4-10/h10-12H,2-9H2,1H3. The van der Waals surface area contributed by atoms with E-state index in [0.29, 0.717) is 0 Å². The Morgan fingerprint density at radius 1 is 1.17 bits per heavy atom. The summed E-state index contributed by atoms with van der Waals surface area (Å²) in [4.78, 5) is 0. The summed E-state index contributed by atoms with van der Waals surface area (Å²) < 4.78 is 48.3. The van der Waals surface area contributed by atoms with Crippen molar-refractivity contribution >= 4 is 19.9 Å². The van der Waals surface area contributed by atoms with Crippen molar-refractivity contribution in [1.82, 2.24) is 10.0 Å². The molecule has 2 N–H and O–H groups in total. The number of nitrogens with one attached hydrogen (secondary N) is 2. The molecule has 1 aliphatic rings. The maximum absolute atomic E-state index is 11.7. The molecule has 8 heteroatoms. The summed E-state index contributed by atoms with van der Waals surface area (Å²) in [6.07, 6.45) is 1.71. The Balaban J connectivity index is 2.35. The van der Waals surface area contributed by atoms with Crippen LogP contribution in [-0.4, -0.2) is 53.7 Å². The fourth-order valence-electron chi connectivity index (χ4n) is 1.91. The van der Waals surface area contributed by atoms with Crippen LogP contribution in [0.2, 0.25) is 0 Å². The number of rotatable bonds is 7. The summed E-state index contributed by atoms with van der Waals surface area (Å²) >= 11 is 0. The van der Waals surface area contributed by atoms with Crippen LogP contribution in [0.25, 0.3) is 0 Å². The van der Waals surface area contributed by atoms with Crippen LogP contribution in [0, 0.1) is 5.92 Å². The fourth-order valence-corrected chi connectivity index (χ4v) is 4.23. The Bertz CT molecular complexity index is 438. The topological polar surface area (TPSA) is 92.3 Å². The predicted molar refractivity (Wildman–Crippen MR) is 71.7 cm³/mol. The Morgan fingerprint density at radius 3 is 2.33 bits per heavy atom. The van der Waals surface area contributed by atoms with Crippen LogP contribution in [0.1, 0.15) is 19.8 Å². The van der Waals surface area contributed by atoms with Crippen molar-refractivity contribution in [2.24, 2.45) is 5.92 Å². The van der Waals surface area contributed by atoms with Crippen molar-refractivity contribution in [3.05, 3.63) is 0 Å². The molecule has 0 unspecified atom stereocenters. The summed E-state index contributed by atoms with van der Waals surface area (Å²) in [5.41, 5.74) is 0. The van der Waals surface area contributed by atoms with E-state index >= 15 is 0 Å². The lowest BCUT2D eigenvalue weighted by Crippen LogP contribution is -2.37. The molecule has 1 heterocycles. The summed E-state index contributed by atoms with van der Waals surface area (Å²) in [6.45, 7) is 3.23. The minimum absolute atomic E-state index is 0.0243. The molecule has 0 aromatic carbocycles. The minimum Gasteiger partial charge on any atom is -0.317 e. The van der Waals surface area contributed by atoms with Crippen LogP contribution in [0.3, 0.4) is 0 Å². The van der Waals surface area contributed by atoms with E-state index in [9.17, 15) is 16.8 Å². The molecule has 1 aliphatic heterocycles. The molecular weight excluding hydrogens is 276 g/mol. The smallest absolute Gasteiger partial charge is 0.211 e. The summed E-state index contributed by atoms with van der Waals surface area (Å²) in [6, 6.07) is 0. The van der Waals surface area contributed by atoms with Gasteiger partial charge in [0.15, 0.2) is 9.84 Å². The summed E-state index contributed by atoms with van der Waals surface area (Å²) in [5.74, 6) is 0.185. The minimum atomic E-state index is -3.35. The Kier molecular flexibility index (Phi) is 6.03. The number of hydrogen-bond acceptors (Lipinski definition) is 5. The van der Waals surface area contributed by atoms with Gasteiger partial charge in [-0.05, 0) is 31.8 Å². The normalized spacial score (nSPS) is 18.9. The first-order valence-electron chi connectivity index (χ1n) is 6.23. The van der Waals surface area contributed by atoms with Crippen LogP contribution in [-0.2, 0) is 19.9 Å². The lowest BCUT2D eigenvalue weighted by molar-refractivity contribution is 0.400. The van der Waals surface area contributed by atoms with E-state index in [0.717, 1.165) is 25.9 Å². The van der Waals surface area contributed by atoms with Gasteiger partial charge in [0.1, 0.15) is 0 Å². The lowest BCUT2D eigenvalue weighted by atomic mass is 10.0. The van der Waals surface area contributed by atoms with Gasteiger partial charge in [0.2, 0.25) is 10.0 Å². The highest BCUT2D eigenvalue weighted by molar-refractivity contribution is 7.91. The largest absolute Gasteiger partial charge is 0.317 e. The van der Waals surface area contributed by atoms with E-state index in [2.05, 4.69) is 10.0 Å². The number of sulfone groups is 1. The van der Waals surface area contributed by atoms with Crippen molar-refractivity contribution in [1.29, 1.82) is 0 Å². The van der Waals surface area contributed by atoms with E-state index in [1.54, 1.807) is 6.92 Å². The van der Waals surface area contributed by atoms with Crippen molar-refractivity contribution < 1.29 is 16.8 Å². The van der Waals surface area contributed by atoms with E-state index in [1.807, 2.05) is 0 Å². The molecule has 0 amide bonds. The lowest BCUT2D eigenvalue weighted by Gasteiger charge is -2.22. The van der Waals surface area contributed by atoms with Gasteiger partial charge in [-0.25, -0.2) is 21.6 Å². The number of hydrogen-bond donors (Lipinski definition) is 2. The van der Waals surface area contributed by atoms with Crippen molar-refractivity contribution in [2.45, 2.75) is 19.8 Å². The van der Waals surface area contributed by atoms with Gasteiger partial charge in [0.25, 0.3) is 0 Å². The van der Waals surface area contributed by atoms with Crippen LogP contribution < -0.4 is 10.0 Å². The van der Waals surface area contributed by atoms with Gasteiger partial charge >= 0.3 is 0 Å².